The van der Waals surface area contributed by atoms with E-state index >= 15 is 0 Å². The molecule has 1 aliphatic heterocycles. The number of rotatable bonds is 3. The highest BCUT2D eigenvalue weighted by Crippen LogP contribution is 2.29. The van der Waals surface area contributed by atoms with Gasteiger partial charge in [0.25, 0.3) is 0 Å². The Bertz CT molecular complexity index is 624. The first kappa shape index (κ1) is 13.8. The second-order valence-electron chi connectivity index (χ2n) is 5.57. The van der Waals surface area contributed by atoms with Crippen molar-refractivity contribution in [3.63, 3.8) is 0 Å². The van der Waals surface area contributed by atoms with E-state index in [2.05, 4.69) is 35.2 Å². The van der Waals surface area contributed by atoms with E-state index in [-0.39, 0.29) is 0 Å². The topological polar surface area (TPSA) is 38.5 Å². The minimum Gasteiger partial charge on any atom is -0.497 e. The SMILES string of the molecule is COc1ccc(CN2CCCCc3ccccc32)c(N)c1. The van der Waals surface area contributed by atoms with E-state index in [0.29, 0.717) is 0 Å². The molecule has 0 aliphatic carbocycles. The van der Waals surface area contributed by atoms with E-state index in [1.54, 1.807) is 7.11 Å². The molecule has 2 aromatic rings. The Morgan fingerprint density at radius 1 is 1.14 bits per heavy atom. The standard InChI is InChI=1S/C18H22N2O/c1-21-16-10-9-15(17(19)12-16)13-20-11-5-4-7-14-6-2-3-8-18(14)20/h2-3,6,8-10,12H,4-5,7,11,13,19H2,1H3. The summed E-state index contributed by atoms with van der Waals surface area (Å²) in [5.41, 5.74) is 10.9. The lowest BCUT2D eigenvalue weighted by atomic mass is 10.1. The number of hydrogen-bond donors (Lipinski definition) is 1. The van der Waals surface area contributed by atoms with Gasteiger partial charge in [-0.1, -0.05) is 24.3 Å². The maximum Gasteiger partial charge on any atom is 0.120 e. The summed E-state index contributed by atoms with van der Waals surface area (Å²) < 4.78 is 5.22. The number of benzene rings is 2. The molecule has 3 rings (SSSR count). The van der Waals surface area contributed by atoms with Gasteiger partial charge in [-0.05, 0) is 42.5 Å². The largest absolute Gasteiger partial charge is 0.497 e. The van der Waals surface area contributed by atoms with E-state index in [1.165, 1.54) is 30.5 Å². The number of nitrogens with zero attached hydrogens (tertiary/aromatic N) is 1. The Balaban J connectivity index is 1.87. The van der Waals surface area contributed by atoms with Crippen LogP contribution in [0, 0.1) is 0 Å². The van der Waals surface area contributed by atoms with Crippen LogP contribution in [0.25, 0.3) is 0 Å². The monoisotopic (exact) mass is 282 g/mol. The number of nitrogen functional groups attached to an aromatic ring is 1. The fourth-order valence-corrected chi connectivity index (χ4v) is 2.98. The highest BCUT2D eigenvalue weighted by Gasteiger charge is 2.16. The minimum absolute atomic E-state index is 0.802. The summed E-state index contributed by atoms with van der Waals surface area (Å²) in [7, 11) is 1.67. The van der Waals surface area contributed by atoms with Crippen molar-refractivity contribution in [2.75, 3.05) is 24.3 Å². The molecule has 0 aromatic heterocycles. The van der Waals surface area contributed by atoms with E-state index < -0.39 is 0 Å². The quantitative estimate of drug-likeness (QED) is 0.874. The molecule has 0 fully saturated rings. The highest BCUT2D eigenvalue weighted by molar-refractivity contribution is 5.58. The second kappa shape index (κ2) is 6.08. The Morgan fingerprint density at radius 2 is 2.00 bits per heavy atom. The first-order chi connectivity index (χ1) is 10.3. The molecule has 0 unspecified atom stereocenters. The van der Waals surface area contributed by atoms with Gasteiger partial charge in [-0.2, -0.15) is 0 Å². The summed E-state index contributed by atoms with van der Waals surface area (Å²) in [6.07, 6.45) is 3.65. The number of ether oxygens (including phenoxy) is 1. The van der Waals surface area contributed by atoms with Gasteiger partial charge >= 0.3 is 0 Å². The molecule has 2 N–H and O–H groups in total. The van der Waals surface area contributed by atoms with Gasteiger partial charge < -0.3 is 15.4 Å². The van der Waals surface area contributed by atoms with Crippen LogP contribution >= 0.6 is 0 Å². The fraction of sp³-hybridized carbons (Fsp3) is 0.333. The molecule has 0 amide bonds. The molecule has 0 bridgehead atoms. The Hall–Kier alpha value is -2.16. The van der Waals surface area contributed by atoms with Crippen molar-refractivity contribution in [3.05, 3.63) is 53.6 Å². The van der Waals surface area contributed by atoms with Crippen molar-refractivity contribution < 1.29 is 4.74 Å². The van der Waals surface area contributed by atoms with Crippen molar-refractivity contribution in [1.82, 2.24) is 0 Å². The van der Waals surface area contributed by atoms with Crippen LogP contribution in [0.5, 0.6) is 5.75 Å². The highest BCUT2D eigenvalue weighted by atomic mass is 16.5. The normalized spacial score (nSPS) is 14.4. The van der Waals surface area contributed by atoms with Gasteiger partial charge in [0.05, 0.1) is 7.11 Å². The molecule has 3 heteroatoms. The average molecular weight is 282 g/mol. The summed E-state index contributed by atoms with van der Waals surface area (Å²) in [4.78, 5) is 2.44. The molecule has 0 atom stereocenters. The molecule has 0 spiro atoms. The van der Waals surface area contributed by atoms with Crippen LogP contribution < -0.4 is 15.4 Å². The third kappa shape index (κ3) is 2.97. The average Bonchev–Trinajstić information content (AvgIpc) is 2.72. The van der Waals surface area contributed by atoms with Crippen molar-refractivity contribution >= 4 is 11.4 Å². The third-order valence-corrected chi connectivity index (χ3v) is 4.17. The summed E-state index contributed by atoms with van der Waals surface area (Å²) in [5, 5.41) is 0. The van der Waals surface area contributed by atoms with Crippen molar-refractivity contribution in [2.24, 2.45) is 0 Å². The number of methoxy groups -OCH3 is 1. The smallest absolute Gasteiger partial charge is 0.120 e. The minimum atomic E-state index is 0.802. The van der Waals surface area contributed by atoms with Crippen LogP contribution in [0.3, 0.4) is 0 Å². The predicted molar refractivity (Wildman–Crippen MR) is 87.8 cm³/mol. The molecule has 0 saturated heterocycles. The zero-order chi connectivity index (χ0) is 14.7. The molecule has 1 aliphatic rings. The Kier molecular flexibility index (Phi) is 4.00. The van der Waals surface area contributed by atoms with Crippen LogP contribution in [0.4, 0.5) is 11.4 Å². The molecular weight excluding hydrogens is 260 g/mol. The molecule has 3 nitrogen and oxygen atoms in total. The molecule has 1 heterocycles. The first-order valence-corrected chi connectivity index (χ1v) is 7.53. The van der Waals surface area contributed by atoms with Crippen LogP contribution in [-0.2, 0) is 13.0 Å². The first-order valence-electron chi connectivity index (χ1n) is 7.53. The van der Waals surface area contributed by atoms with Gasteiger partial charge in [0.1, 0.15) is 5.75 Å². The van der Waals surface area contributed by atoms with Crippen LogP contribution in [0.1, 0.15) is 24.0 Å². The summed E-state index contributed by atoms with van der Waals surface area (Å²) >= 11 is 0. The lowest BCUT2D eigenvalue weighted by Gasteiger charge is -2.25. The summed E-state index contributed by atoms with van der Waals surface area (Å²) in [6, 6.07) is 14.7. The number of para-hydroxylation sites is 1. The predicted octanol–water partition coefficient (Wildman–Crippen LogP) is 3.62. The summed E-state index contributed by atoms with van der Waals surface area (Å²) in [5.74, 6) is 0.813. The molecule has 110 valence electrons. The van der Waals surface area contributed by atoms with Gasteiger partial charge in [-0.3, -0.25) is 0 Å². The molecule has 2 aromatic carbocycles. The molecule has 21 heavy (non-hydrogen) atoms. The van der Waals surface area contributed by atoms with Crippen molar-refractivity contribution in [1.29, 1.82) is 0 Å². The van der Waals surface area contributed by atoms with E-state index in [1.807, 2.05) is 12.1 Å². The number of nitrogens with two attached hydrogens (primary N) is 1. The Morgan fingerprint density at radius 3 is 2.81 bits per heavy atom. The number of aryl methyl sites for hydroxylation is 1. The van der Waals surface area contributed by atoms with E-state index in [9.17, 15) is 0 Å². The number of hydrogen-bond acceptors (Lipinski definition) is 3. The maximum atomic E-state index is 6.17. The van der Waals surface area contributed by atoms with Gasteiger partial charge in [-0.25, -0.2) is 0 Å². The van der Waals surface area contributed by atoms with Crippen molar-refractivity contribution in [3.8, 4) is 5.75 Å². The number of fused-ring (bicyclic) bond motifs is 1. The number of anilines is 2. The van der Waals surface area contributed by atoms with E-state index in [4.69, 9.17) is 10.5 Å². The molecule has 0 radical (unpaired) electrons. The third-order valence-electron chi connectivity index (χ3n) is 4.17. The lowest BCUT2D eigenvalue weighted by molar-refractivity contribution is 0.415. The second-order valence-corrected chi connectivity index (χ2v) is 5.57. The van der Waals surface area contributed by atoms with Crippen molar-refractivity contribution in [2.45, 2.75) is 25.8 Å². The van der Waals surface area contributed by atoms with Gasteiger partial charge in [-0.15, -0.1) is 0 Å². The van der Waals surface area contributed by atoms with Gasteiger partial charge in [0.2, 0.25) is 0 Å². The van der Waals surface area contributed by atoms with Crippen LogP contribution in [-0.4, -0.2) is 13.7 Å². The molecular formula is C18H22N2O. The van der Waals surface area contributed by atoms with Crippen LogP contribution in [0.2, 0.25) is 0 Å². The van der Waals surface area contributed by atoms with Crippen LogP contribution in [0.15, 0.2) is 42.5 Å². The van der Waals surface area contributed by atoms with Gasteiger partial charge in [0, 0.05) is 30.5 Å². The summed E-state index contributed by atoms with van der Waals surface area (Å²) in [6.45, 7) is 1.94. The lowest BCUT2D eigenvalue weighted by Crippen LogP contribution is -2.24. The zero-order valence-corrected chi connectivity index (χ0v) is 12.5. The zero-order valence-electron chi connectivity index (χ0n) is 12.5. The molecule has 0 saturated carbocycles. The Labute approximate surface area is 126 Å². The maximum absolute atomic E-state index is 6.17. The van der Waals surface area contributed by atoms with Gasteiger partial charge in [0.15, 0.2) is 0 Å². The van der Waals surface area contributed by atoms with E-state index in [0.717, 1.165) is 30.1 Å². The fourth-order valence-electron chi connectivity index (χ4n) is 2.98.